The van der Waals surface area contributed by atoms with Crippen LogP contribution < -0.4 is 16.2 Å². The number of para-hydroxylation sites is 1. The lowest BCUT2D eigenvalue weighted by Gasteiger charge is -2.14. The van der Waals surface area contributed by atoms with Gasteiger partial charge in [-0.25, -0.2) is 0 Å². The highest BCUT2D eigenvalue weighted by Crippen LogP contribution is 2.17. The first-order valence-electron chi connectivity index (χ1n) is 7.26. The lowest BCUT2D eigenvalue weighted by Crippen LogP contribution is -2.48. The van der Waals surface area contributed by atoms with Crippen LogP contribution in [0.1, 0.15) is 23.2 Å². The highest BCUT2D eigenvalue weighted by Gasteiger charge is 2.16. The molecule has 22 heavy (non-hydrogen) atoms. The summed E-state index contributed by atoms with van der Waals surface area (Å²) in [5, 5.41) is 4.29. The van der Waals surface area contributed by atoms with Crippen molar-refractivity contribution in [3.8, 4) is 0 Å². The zero-order valence-electron chi connectivity index (χ0n) is 12.0. The van der Waals surface area contributed by atoms with E-state index in [0.717, 1.165) is 30.4 Å². The van der Waals surface area contributed by atoms with Gasteiger partial charge >= 0.3 is 0 Å². The van der Waals surface area contributed by atoms with Gasteiger partial charge in [0.15, 0.2) is 5.11 Å². The molecule has 1 aromatic carbocycles. The lowest BCUT2D eigenvalue weighted by atomic mass is 10.2. The summed E-state index contributed by atoms with van der Waals surface area (Å²) in [7, 11) is 0. The summed E-state index contributed by atoms with van der Waals surface area (Å²) in [6, 6.07) is 7.64. The van der Waals surface area contributed by atoms with Gasteiger partial charge in [0.1, 0.15) is 0 Å². The van der Waals surface area contributed by atoms with Gasteiger partial charge in [0, 0.05) is 30.3 Å². The predicted molar refractivity (Wildman–Crippen MR) is 88.5 cm³/mol. The first kappa shape index (κ1) is 14.8. The van der Waals surface area contributed by atoms with Crippen LogP contribution in [0.5, 0.6) is 0 Å². The average Bonchev–Trinajstić information content (AvgIpc) is 3.19. The Morgan fingerprint density at radius 3 is 3.05 bits per heavy atom. The number of thiocarbonyl (C=S) groups is 1. The summed E-state index contributed by atoms with van der Waals surface area (Å²) >= 11 is 5.13. The Labute approximate surface area is 133 Å². The number of hydrogen-bond acceptors (Lipinski definition) is 3. The van der Waals surface area contributed by atoms with E-state index >= 15 is 0 Å². The largest absolute Gasteiger partial charge is 0.376 e. The van der Waals surface area contributed by atoms with Crippen molar-refractivity contribution in [1.29, 1.82) is 0 Å². The zero-order chi connectivity index (χ0) is 15.4. The van der Waals surface area contributed by atoms with Crippen LogP contribution in [0.4, 0.5) is 0 Å². The van der Waals surface area contributed by atoms with Crippen LogP contribution in [0.3, 0.4) is 0 Å². The first-order chi connectivity index (χ1) is 10.7. The number of aromatic amines is 1. The van der Waals surface area contributed by atoms with Crippen molar-refractivity contribution >= 4 is 34.1 Å². The van der Waals surface area contributed by atoms with Crippen molar-refractivity contribution in [3.63, 3.8) is 0 Å². The van der Waals surface area contributed by atoms with E-state index in [-0.39, 0.29) is 12.0 Å². The molecule has 1 atom stereocenters. The lowest BCUT2D eigenvalue weighted by molar-refractivity contribution is 0.0945. The number of aromatic nitrogens is 1. The molecule has 0 radical (unpaired) electrons. The second-order valence-electron chi connectivity index (χ2n) is 5.17. The normalized spacial score (nSPS) is 17.4. The van der Waals surface area contributed by atoms with E-state index in [2.05, 4.69) is 21.2 Å². The minimum atomic E-state index is -0.237. The number of hydrogen-bond donors (Lipinski definition) is 4. The van der Waals surface area contributed by atoms with E-state index in [0.29, 0.717) is 17.2 Å². The molecular weight excluding hydrogens is 300 g/mol. The summed E-state index contributed by atoms with van der Waals surface area (Å²) in [6.45, 7) is 1.46. The minimum absolute atomic E-state index is 0.198. The van der Waals surface area contributed by atoms with Gasteiger partial charge in [-0.3, -0.25) is 15.6 Å². The van der Waals surface area contributed by atoms with Crippen molar-refractivity contribution in [3.05, 3.63) is 36.0 Å². The Balaban J connectivity index is 1.50. The van der Waals surface area contributed by atoms with Gasteiger partial charge in [0.2, 0.25) is 0 Å². The third-order valence-electron chi connectivity index (χ3n) is 3.64. The highest BCUT2D eigenvalue weighted by molar-refractivity contribution is 7.80. The number of fused-ring (bicyclic) bond motifs is 1. The Kier molecular flexibility index (Phi) is 4.55. The van der Waals surface area contributed by atoms with E-state index in [1.165, 1.54) is 0 Å². The number of rotatable bonds is 3. The predicted octanol–water partition coefficient (Wildman–Crippen LogP) is 1.46. The topological polar surface area (TPSA) is 78.2 Å². The summed E-state index contributed by atoms with van der Waals surface area (Å²) in [5.74, 6) is -0.237. The molecule has 1 amide bonds. The van der Waals surface area contributed by atoms with Crippen molar-refractivity contribution in [1.82, 2.24) is 21.2 Å². The van der Waals surface area contributed by atoms with Crippen LogP contribution in [0.15, 0.2) is 30.5 Å². The molecule has 0 aliphatic carbocycles. The molecule has 0 bridgehead atoms. The number of nitrogens with one attached hydrogen (secondary N) is 4. The van der Waals surface area contributed by atoms with Crippen LogP contribution in [-0.4, -0.2) is 35.3 Å². The number of amides is 1. The van der Waals surface area contributed by atoms with Gasteiger partial charge in [-0.2, -0.15) is 0 Å². The molecule has 4 N–H and O–H groups in total. The second-order valence-corrected chi connectivity index (χ2v) is 5.58. The molecule has 1 aliphatic heterocycles. The molecule has 116 valence electrons. The Bertz CT molecular complexity index is 679. The molecular formula is C15H18N4O2S. The molecule has 0 saturated carbocycles. The van der Waals surface area contributed by atoms with Gasteiger partial charge in [-0.05, 0) is 31.1 Å². The number of H-pyrrole nitrogens is 1. The van der Waals surface area contributed by atoms with Gasteiger partial charge in [-0.1, -0.05) is 18.2 Å². The molecule has 1 fully saturated rings. The van der Waals surface area contributed by atoms with Crippen LogP contribution in [0.2, 0.25) is 0 Å². The molecule has 1 aromatic heterocycles. The Morgan fingerprint density at radius 1 is 1.36 bits per heavy atom. The van der Waals surface area contributed by atoms with Gasteiger partial charge < -0.3 is 15.0 Å². The van der Waals surface area contributed by atoms with Crippen LogP contribution in [-0.2, 0) is 4.74 Å². The third-order valence-corrected chi connectivity index (χ3v) is 3.88. The fourth-order valence-electron chi connectivity index (χ4n) is 2.50. The third kappa shape index (κ3) is 3.37. The number of benzene rings is 1. The maximum atomic E-state index is 12.2. The van der Waals surface area contributed by atoms with Crippen LogP contribution in [0.25, 0.3) is 10.9 Å². The van der Waals surface area contributed by atoms with Gasteiger partial charge in [-0.15, -0.1) is 0 Å². The minimum Gasteiger partial charge on any atom is -0.376 e. The zero-order valence-corrected chi connectivity index (χ0v) is 12.8. The molecule has 6 nitrogen and oxygen atoms in total. The van der Waals surface area contributed by atoms with Gasteiger partial charge in [0.25, 0.3) is 5.91 Å². The Morgan fingerprint density at radius 2 is 2.23 bits per heavy atom. The van der Waals surface area contributed by atoms with Crippen molar-refractivity contribution in [2.45, 2.75) is 18.9 Å². The summed E-state index contributed by atoms with van der Waals surface area (Å²) < 4.78 is 5.49. The number of hydrazine groups is 1. The molecule has 0 unspecified atom stereocenters. The summed E-state index contributed by atoms with van der Waals surface area (Å²) in [5.41, 5.74) is 6.81. The quantitative estimate of drug-likeness (QED) is 0.509. The monoisotopic (exact) mass is 318 g/mol. The van der Waals surface area contributed by atoms with E-state index in [1.807, 2.05) is 24.3 Å². The SMILES string of the molecule is O=C(NNC(=S)NC[C@@H]1CCCO1)c1c[nH]c2ccccc12. The van der Waals surface area contributed by atoms with E-state index in [9.17, 15) is 4.79 Å². The van der Waals surface area contributed by atoms with Crippen LogP contribution >= 0.6 is 12.2 Å². The first-order valence-corrected chi connectivity index (χ1v) is 7.67. The average molecular weight is 318 g/mol. The smallest absolute Gasteiger partial charge is 0.271 e. The standard InChI is InChI=1S/C15H18N4O2S/c20-14(12-9-16-13-6-2-1-5-11(12)13)18-19-15(22)17-8-10-4-3-7-21-10/h1-2,5-6,9-10,16H,3-4,7-8H2,(H,18,20)(H2,17,19,22)/t10-/m0/s1. The fourth-order valence-corrected chi connectivity index (χ4v) is 2.63. The van der Waals surface area contributed by atoms with Crippen molar-refractivity contribution in [2.75, 3.05) is 13.2 Å². The number of carbonyl (C=O) groups excluding carboxylic acids is 1. The second kappa shape index (κ2) is 6.76. The van der Waals surface area contributed by atoms with E-state index in [4.69, 9.17) is 17.0 Å². The Hall–Kier alpha value is -2.12. The summed E-state index contributed by atoms with van der Waals surface area (Å²) in [6.07, 6.45) is 4.01. The van der Waals surface area contributed by atoms with Crippen LogP contribution in [0, 0.1) is 0 Å². The molecule has 2 heterocycles. The maximum absolute atomic E-state index is 12.2. The molecule has 3 rings (SSSR count). The number of carbonyl (C=O) groups is 1. The molecule has 1 saturated heterocycles. The fraction of sp³-hybridized carbons (Fsp3) is 0.333. The number of ether oxygens (including phenoxy) is 1. The van der Waals surface area contributed by atoms with E-state index in [1.54, 1.807) is 6.20 Å². The molecule has 2 aromatic rings. The summed E-state index contributed by atoms with van der Waals surface area (Å²) in [4.78, 5) is 15.2. The highest BCUT2D eigenvalue weighted by atomic mass is 32.1. The van der Waals surface area contributed by atoms with Crippen molar-refractivity contribution < 1.29 is 9.53 Å². The van der Waals surface area contributed by atoms with E-state index < -0.39 is 0 Å². The van der Waals surface area contributed by atoms with Crippen molar-refractivity contribution in [2.24, 2.45) is 0 Å². The molecule has 7 heteroatoms. The molecule has 0 spiro atoms. The maximum Gasteiger partial charge on any atom is 0.271 e. The van der Waals surface area contributed by atoms with Gasteiger partial charge in [0.05, 0.1) is 11.7 Å². The molecule has 1 aliphatic rings.